The van der Waals surface area contributed by atoms with Crippen molar-refractivity contribution in [3.63, 3.8) is 0 Å². The molecule has 16 heavy (non-hydrogen) atoms. The summed E-state index contributed by atoms with van der Waals surface area (Å²) in [7, 11) is 1.51. The lowest BCUT2D eigenvalue weighted by atomic mass is 10.3. The fraction of sp³-hybridized carbons (Fsp3) is 0.667. The number of rotatable bonds is 5. The van der Waals surface area contributed by atoms with Crippen molar-refractivity contribution in [2.75, 3.05) is 13.7 Å². The van der Waals surface area contributed by atoms with Crippen LogP contribution in [-0.4, -0.2) is 28.6 Å². The molecule has 0 amide bonds. The largest absolute Gasteiger partial charge is 0.435 e. The Morgan fingerprint density at radius 1 is 1.50 bits per heavy atom. The number of aromatic nitrogens is 2. The number of aryl methyl sites for hydroxylation is 1. The molecule has 1 aromatic heterocycles. The van der Waals surface area contributed by atoms with E-state index in [1.807, 2.05) is 0 Å². The second-order valence-corrected chi connectivity index (χ2v) is 3.25. The zero-order chi connectivity index (χ0) is 12.2. The summed E-state index contributed by atoms with van der Waals surface area (Å²) in [6, 6.07) is 0.854. The first-order valence-electron chi connectivity index (χ1n) is 4.72. The minimum absolute atomic E-state index is 0.156. The van der Waals surface area contributed by atoms with Crippen molar-refractivity contribution in [1.29, 1.82) is 0 Å². The van der Waals surface area contributed by atoms with E-state index in [2.05, 4.69) is 5.10 Å². The highest BCUT2D eigenvalue weighted by Crippen LogP contribution is 2.28. The normalized spacial score (nSPS) is 12.1. The highest BCUT2D eigenvalue weighted by molar-refractivity contribution is 5.12. The molecule has 1 heterocycles. The Balaban J connectivity index is 2.78. The number of alkyl halides is 3. The molecule has 7 heteroatoms. The molecule has 1 rings (SSSR count). The van der Waals surface area contributed by atoms with E-state index in [0.717, 1.165) is 10.7 Å². The van der Waals surface area contributed by atoms with Crippen LogP contribution >= 0.6 is 0 Å². The maximum absolute atomic E-state index is 12.3. The van der Waals surface area contributed by atoms with Gasteiger partial charge in [-0.3, -0.25) is 4.68 Å². The van der Waals surface area contributed by atoms with Gasteiger partial charge in [-0.2, -0.15) is 18.3 Å². The van der Waals surface area contributed by atoms with E-state index in [1.165, 1.54) is 7.11 Å². The van der Waals surface area contributed by atoms with Gasteiger partial charge < -0.3 is 9.84 Å². The summed E-state index contributed by atoms with van der Waals surface area (Å²) in [5.41, 5.74) is -0.822. The topological polar surface area (TPSA) is 47.3 Å². The predicted octanol–water partition coefficient (Wildman–Crippen LogP) is 1.43. The van der Waals surface area contributed by atoms with Gasteiger partial charge in [-0.25, -0.2) is 0 Å². The SMILES string of the molecule is COCCCn1nc(C(F)(F)F)cc1CO. The summed E-state index contributed by atoms with van der Waals surface area (Å²) in [5, 5.41) is 12.3. The van der Waals surface area contributed by atoms with Gasteiger partial charge in [-0.1, -0.05) is 0 Å². The number of methoxy groups -OCH3 is 1. The number of aliphatic hydroxyl groups is 1. The standard InChI is InChI=1S/C9H13F3N2O2/c1-16-4-2-3-14-7(6-15)5-8(13-14)9(10,11)12/h5,15H,2-4,6H2,1H3. The van der Waals surface area contributed by atoms with E-state index < -0.39 is 18.5 Å². The molecule has 1 N–H and O–H groups in total. The average molecular weight is 238 g/mol. The van der Waals surface area contributed by atoms with Crippen LogP contribution in [0.15, 0.2) is 6.07 Å². The number of nitrogens with zero attached hydrogens (tertiary/aromatic N) is 2. The zero-order valence-electron chi connectivity index (χ0n) is 8.79. The Morgan fingerprint density at radius 2 is 2.19 bits per heavy atom. The van der Waals surface area contributed by atoms with Crippen LogP contribution in [0.5, 0.6) is 0 Å². The van der Waals surface area contributed by atoms with Crippen LogP contribution in [0, 0.1) is 0 Å². The quantitative estimate of drug-likeness (QED) is 0.789. The third kappa shape index (κ3) is 3.21. The monoisotopic (exact) mass is 238 g/mol. The van der Waals surface area contributed by atoms with Crippen molar-refractivity contribution in [3.05, 3.63) is 17.5 Å². The Bertz CT molecular complexity index is 336. The van der Waals surface area contributed by atoms with Crippen molar-refractivity contribution in [2.24, 2.45) is 0 Å². The van der Waals surface area contributed by atoms with Crippen molar-refractivity contribution < 1.29 is 23.0 Å². The Hall–Kier alpha value is -1.08. The second-order valence-electron chi connectivity index (χ2n) is 3.25. The van der Waals surface area contributed by atoms with E-state index in [-0.39, 0.29) is 5.69 Å². The molecule has 0 aliphatic rings. The van der Waals surface area contributed by atoms with Crippen LogP contribution in [-0.2, 0) is 24.1 Å². The molecular weight excluding hydrogens is 225 g/mol. The van der Waals surface area contributed by atoms with Crippen molar-refractivity contribution in [3.8, 4) is 0 Å². The summed E-state index contributed by atoms with van der Waals surface area (Å²) in [4.78, 5) is 0. The van der Waals surface area contributed by atoms with Crippen LogP contribution in [0.1, 0.15) is 17.8 Å². The van der Waals surface area contributed by atoms with E-state index in [9.17, 15) is 13.2 Å². The minimum Gasteiger partial charge on any atom is -0.390 e. The van der Waals surface area contributed by atoms with E-state index >= 15 is 0 Å². The fourth-order valence-corrected chi connectivity index (χ4v) is 1.27. The Labute approximate surface area is 90.6 Å². The molecule has 0 atom stereocenters. The number of hydrogen-bond acceptors (Lipinski definition) is 3. The number of halogens is 3. The van der Waals surface area contributed by atoms with Crippen LogP contribution in [0.3, 0.4) is 0 Å². The summed E-state index contributed by atoms with van der Waals surface area (Å²) < 4.78 is 42.9. The molecule has 1 aromatic rings. The van der Waals surface area contributed by atoms with Gasteiger partial charge in [0.2, 0.25) is 0 Å². The third-order valence-electron chi connectivity index (χ3n) is 2.03. The van der Waals surface area contributed by atoms with Gasteiger partial charge >= 0.3 is 6.18 Å². The molecule has 0 aliphatic heterocycles. The molecule has 0 aliphatic carbocycles. The molecule has 4 nitrogen and oxygen atoms in total. The van der Waals surface area contributed by atoms with Crippen molar-refractivity contribution >= 4 is 0 Å². The fourth-order valence-electron chi connectivity index (χ4n) is 1.27. The molecule has 0 radical (unpaired) electrons. The number of hydrogen-bond donors (Lipinski definition) is 1. The lowest BCUT2D eigenvalue weighted by molar-refractivity contribution is -0.141. The maximum Gasteiger partial charge on any atom is 0.435 e. The highest BCUT2D eigenvalue weighted by atomic mass is 19.4. The molecule has 0 fully saturated rings. The summed E-state index contributed by atoms with van der Waals surface area (Å²) in [6.45, 7) is 0.266. The zero-order valence-corrected chi connectivity index (χ0v) is 8.79. The molecule has 0 spiro atoms. The maximum atomic E-state index is 12.3. The lowest BCUT2D eigenvalue weighted by Crippen LogP contribution is -2.10. The first kappa shape index (κ1) is 13.0. The van der Waals surface area contributed by atoms with Gasteiger partial charge in [0.25, 0.3) is 0 Å². The van der Waals surface area contributed by atoms with Crippen molar-refractivity contribution in [2.45, 2.75) is 25.7 Å². The van der Waals surface area contributed by atoms with Gasteiger partial charge in [0.15, 0.2) is 5.69 Å². The third-order valence-corrected chi connectivity index (χ3v) is 2.03. The predicted molar refractivity (Wildman–Crippen MR) is 49.6 cm³/mol. The van der Waals surface area contributed by atoms with Crippen LogP contribution < -0.4 is 0 Å². The van der Waals surface area contributed by atoms with Crippen molar-refractivity contribution in [1.82, 2.24) is 9.78 Å². The molecule has 0 saturated carbocycles. The molecule has 0 unspecified atom stereocenters. The van der Waals surface area contributed by atoms with E-state index in [0.29, 0.717) is 19.6 Å². The Kier molecular flexibility index (Phi) is 4.31. The van der Waals surface area contributed by atoms with Gasteiger partial charge in [-0.05, 0) is 12.5 Å². The lowest BCUT2D eigenvalue weighted by Gasteiger charge is -2.04. The van der Waals surface area contributed by atoms with Gasteiger partial charge in [0.05, 0.1) is 12.3 Å². The van der Waals surface area contributed by atoms with Crippen LogP contribution in [0.4, 0.5) is 13.2 Å². The molecular formula is C9H13F3N2O2. The summed E-state index contributed by atoms with van der Waals surface area (Å²) in [6.07, 6.45) is -3.93. The number of aliphatic hydroxyl groups excluding tert-OH is 1. The van der Waals surface area contributed by atoms with Crippen LogP contribution in [0.25, 0.3) is 0 Å². The minimum atomic E-state index is -4.48. The molecule has 0 bridgehead atoms. The first-order valence-corrected chi connectivity index (χ1v) is 4.72. The average Bonchev–Trinajstić information content (AvgIpc) is 2.61. The Morgan fingerprint density at radius 3 is 2.69 bits per heavy atom. The van der Waals surface area contributed by atoms with Gasteiger partial charge in [-0.15, -0.1) is 0 Å². The van der Waals surface area contributed by atoms with E-state index in [4.69, 9.17) is 9.84 Å². The smallest absolute Gasteiger partial charge is 0.390 e. The molecule has 0 aromatic carbocycles. The highest BCUT2D eigenvalue weighted by Gasteiger charge is 2.34. The van der Waals surface area contributed by atoms with E-state index in [1.54, 1.807) is 0 Å². The van der Waals surface area contributed by atoms with Crippen LogP contribution in [0.2, 0.25) is 0 Å². The number of ether oxygens (including phenoxy) is 1. The first-order chi connectivity index (χ1) is 7.49. The summed E-state index contributed by atoms with van der Waals surface area (Å²) >= 11 is 0. The van der Waals surface area contributed by atoms with Gasteiger partial charge in [0, 0.05) is 20.3 Å². The molecule has 92 valence electrons. The second kappa shape index (κ2) is 5.31. The van der Waals surface area contributed by atoms with Gasteiger partial charge in [0.1, 0.15) is 0 Å². The molecule has 0 saturated heterocycles. The summed E-state index contributed by atoms with van der Waals surface area (Å²) in [5.74, 6) is 0.